The lowest BCUT2D eigenvalue weighted by molar-refractivity contribution is 0.102. The Kier molecular flexibility index (Phi) is 5.67. The lowest BCUT2D eigenvalue weighted by atomic mass is 10.2. The van der Waals surface area contributed by atoms with Crippen LogP contribution in [0.4, 0.5) is 27.6 Å². The topological polar surface area (TPSA) is 47.6 Å². The van der Waals surface area contributed by atoms with Crippen LogP contribution in [0.5, 0.6) is 17.2 Å². The van der Waals surface area contributed by atoms with Crippen molar-refractivity contribution in [2.75, 3.05) is 12.4 Å². The third-order valence-electron chi connectivity index (χ3n) is 3.83. The number of rotatable bonds is 5. The van der Waals surface area contributed by atoms with Gasteiger partial charge in [-0.1, -0.05) is 18.2 Å². The fourth-order valence-corrected chi connectivity index (χ4v) is 2.46. The first-order valence-corrected chi connectivity index (χ1v) is 8.07. The monoisotopic (exact) mass is 409 g/mol. The molecule has 1 N–H and O–H groups in total. The van der Waals surface area contributed by atoms with Gasteiger partial charge in [0.2, 0.25) is 34.8 Å². The van der Waals surface area contributed by atoms with Gasteiger partial charge in [0.05, 0.1) is 12.7 Å². The molecule has 0 fully saturated rings. The van der Waals surface area contributed by atoms with E-state index in [4.69, 9.17) is 9.47 Å². The Hall–Kier alpha value is -3.62. The second-order valence-electron chi connectivity index (χ2n) is 5.68. The van der Waals surface area contributed by atoms with Gasteiger partial charge in [-0.2, -0.15) is 8.78 Å². The van der Waals surface area contributed by atoms with Crippen LogP contribution < -0.4 is 14.8 Å². The summed E-state index contributed by atoms with van der Waals surface area (Å²) in [6, 6.07) is 11.6. The fraction of sp³-hybridized carbons (Fsp3) is 0.0500. The van der Waals surface area contributed by atoms with Gasteiger partial charge in [0.1, 0.15) is 11.5 Å². The number of benzene rings is 3. The molecule has 0 bridgehead atoms. The molecule has 0 saturated heterocycles. The molecule has 0 aliphatic heterocycles. The van der Waals surface area contributed by atoms with Gasteiger partial charge >= 0.3 is 0 Å². The number of hydrogen-bond donors (Lipinski definition) is 1. The van der Waals surface area contributed by atoms with Crippen molar-refractivity contribution in [3.8, 4) is 17.2 Å². The van der Waals surface area contributed by atoms with Crippen LogP contribution in [0, 0.1) is 29.1 Å². The van der Waals surface area contributed by atoms with Crippen LogP contribution in [0.1, 0.15) is 10.4 Å². The molecular weight excluding hydrogens is 397 g/mol. The summed E-state index contributed by atoms with van der Waals surface area (Å²) in [7, 11) is 1.39. The molecule has 9 heteroatoms. The highest BCUT2D eigenvalue weighted by molar-refractivity contribution is 6.06. The predicted octanol–water partition coefficient (Wildman–Crippen LogP) is 5.44. The second-order valence-corrected chi connectivity index (χ2v) is 5.68. The van der Waals surface area contributed by atoms with E-state index in [-0.39, 0.29) is 17.0 Å². The maximum absolute atomic E-state index is 13.8. The third-order valence-corrected chi connectivity index (χ3v) is 3.83. The smallest absolute Gasteiger partial charge is 0.259 e. The maximum Gasteiger partial charge on any atom is 0.259 e. The number of methoxy groups -OCH3 is 1. The Morgan fingerprint density at radius 3 is 2.10 bits per heavy atom. The van der Waals surface area contributed by atoms with Crippen molar-refractivity contribution < 1.29 is 36.2 Å². The average Bonchev–Trinajstić information content (AvgIpc) is 2.74. The molecule has 0 saturated carbocycles. The quantitative estimate of drug-likeness (QED) is 0.347. The minimum Gasteiger partial charge on any atom is -0.496 e. The van der Waals surface area contributed by atoms with Crippen molar-refractivity contribution in [1.29, 1.82) is 0 Å². The molecule has 3 aromatic carbocycles. The van der Waals surface area contributed by atoms with Crippen LogP contribution in [0.3, 0.4) is 0 Å². The predicted molar refractivity (Wildman–Crippen MR) is 93.7 cm³/mol. The Bertz CT molecular complexity index is 1060. The van der Waals surface area contributed by atoms with Crippen molar-refractivity contribution in [2.24, 2.45) is 0 Å². The van der Waals surface area contributed by atoms with E-state index < -0.39 is 40.7 Å². The number of halogens is 5. The van der Waals surface area contributed by atoms with Crippen LogP contribution >= 0.6 is 0 Å². The zero-order valence-electron chi connectivity index (χ0n) is 14.7. The first-order valence-electron chi connectivity index (χ1n) is 8.07. The van der Waals surface area contributed by atoms with Crippen LogP contribution in [0.15, 0.2) is 48.5 Å². The molecule has 0 spiro atoms. The van der Waals surface area contributed by atoms with Crippen LogP contribution in [-0.4, -0.2) is 13.0 Å². The van der Waals surface area contributed by atoms with E-state index in [9.17, 15) is 26.7 Å². The summed E-state index contributed by atoms with van der Waals surface area (Å²) < 4.78 is 77.2. The molecule has 0 aromatic heterocycles. The molecule has 0 radical (unpaired) electrons. The van der Waals surface area contributed by atoms with E-state index in [0.29, 0.717) is 5.75 Å². The Morgan fingerprint density at radius 2 is 1.45 bits per heavy atom. The molecule has 4 nitrogen and oxygen atoms in total. The number of nitrogens with one attached hydrogen (secondary N) is 1. The standard InChI is InChI=1S/C20H12F5NO3/c1-28-13-8-3-2-7-12(13)20(27)26-10-5-4-6-11(9-10)29-19-17(24)15(22)14(21)16(23)18(19)25/h2-9H,1H3,(H,26,27). The summed E-state index contributed by atoms with van der Waals surface area (Å²) >= 11 is 0. The summed E-state index contributed by atoms with van der Waals surface area (Å²) in [5.74, 6) is -12.7. The Labute approximate surface area is 161 Å². The van der Waals surface area contributed by atoms with E-state index >= 15 is 0 Å². The highest BCUT2D eigenvalue weighted by atomic mass is 19.2. The van der Waals surface area contributed by atoms with Crippen molar-refractivity contribution in [2.45, 2.75) is 0 Å². The average molecular weight is 409 g/mol. The summed E-state index contributed by atoms with van der Waals surface area (Å²) in [6.45, 7) is 0. The normalized spacial score (nSPS) is 10.6. The molecular formula is C20H12F5NO3. The summed E-state index contributed by atoms with van der Waals surface area (Å²) in [4.78, 5) is 12.4. The van der Waals surface area contributed by atoms with Gasteiger partial charge in [0.25, 0.3) is 5.91 Å². The highest BCUT2D eigenvalue weighted by Crippen LogP contribution is 2.33. The molecule has 0 aliphatic rings. The van der Waals surface area contributed by atoms with E-state index in [1.54, 1.807) is 18.2 Å². The number of carbonyl (C=O) groups excluding carboxylic acids is 1. The van der Waals surface area contributed by atoms with E-state index in [2.05, 4.69) is 5.32 Å². The number of ether oxygens (including phenoxy) is 2. The molecule has 0 atom stereocenters. The van der Waals surface area contributed by atoms with Crippen LogP contribution in [-0.2, 0) is 0 Å². The highest BCUT2D eigenvalue weighted by Gasteiger charge is 2.27. The van der Waals surface area contributed by atoms with Crippen molar-refractivity contribution >= 4 is 11.6 Å². The lowest BCUT2D eigenvalue weighted by Gasteiger charge is -2.12. The number of anilines is 1. The van der Waals surface area contributed by atoms with Crippen LogP contribution in [0.25, 0.3) is 0 Å². The molecule has 0 aliphatic carbocycles. The first-order chi connectivity index (χ1) is 13.8. The molecule has 150 valence electrons. The SMILES string of the molecule is COc1ccccc1C(=O)Nc1cccc(Oc2c(F)c(F)c(F)c(F)c2F)c1. The Morgan fingerprint density at radius 1 is 0.828 bits per heavy atom. The van der Waals surface area contributed by atoms with E-state index in [1.807, 2.05) is 0 Å². The van der Waals surface area contributed by atoms with Crippen molar-refractivity contribution in [3.05, 3.63) is 83.2 Å². The Balaban J connectivity index is 1.87. The molecule has 3 aromatic rings. The van der Waals surface area contributed by atoms with Crippen molar-refractivity contribution in [3.63, 3.8) is 0 Å². The molecule has 3 rings (SSSR count). The van der Waals surface area contributed by atoms with Gasteiger partial charge in [0.15, 0.2) is 0 Å². The molecule has 1 amide bonds. The second kappa shape index (κ2) is 8.17. The number of hydrogen-bond acceptors (Lipinski definition) is 3. The number of amides is 1. The van der Waals surface area contributed by atoms with Gasteiger partial charge in [-0.25, -0.2) is 13.2 Å². The third kappa shape index (κ3) is 3.98. The summed E-state index contributed by atoms with van der Waals surface area (Å²) in [5, 5.41) is 2.53. The number of carbonyl (C=O) groups is 1. The summed E-state index contributed by atoms with van der Waals surface area (Å²) in [5.41, 5.74) is 0.378. The molecule has 0 unspecified atom stereocenters. The molecule has 29 heavy (non-hydrogen) atoms. The van der Waals surface area contributed by atoms with Gasteiger partial charge < -0.3 is 14.8 Å². The van der Waals surface area contributed by atoms with Gasteiger partial charge in [0, 0.05) is 11.8 Å². The van der Waals surface area contributed by atoms with Gasteiger partial charge in [-0.15, -0.1) is 0 Å². The van der Waals surface area contributed by atoms with Crippen molar-refractivity contribution in [1.82, 2.24) is 0 Å². The lowest BCUT2D eigenvalue weighted by Crippen LogP contribution is -2.13. The van der Waals surface area contributed by atoms with Crippen LogP contribution in [0.2, 0.25) is 0 Å². The number of para-hydroxylation sites is 1. The van der Waals surface area contributed by atoms with E-state index in [0.717, 1.165) is 6.07 Å². The zero-order valence-corrected chi connectivity index (χ0v) is 14.7. The fourth-order valence-electron chi connectivity index (χ4n) is 2.46. The minimum absolute atomic E-state index is 0.155. The maximum atomic E-state index is 13.8. The van der Waals surface area contributed by atoms with Gasteiger partial charge in [-0.05, 0) is 24.3 Å². The zero-order chi connectivity index (χ0) is 21.1. The summed E-state index contributed by atoms with van der Waals surface area (Å²) in [6.07, 6.45) is 0. The first kappa shape index (κ1) is 20.1. The minimum atomic E-state index is -2.29. The largest absolute Gasteiger partial charge is 0.496 e. The van der Waals surface area contributed by atoms with Gasteiger partial charge in [-0.3, -0.25) is 4.79 Å². The van der Waals surface area contributed by atoms with E-state index in [1.165, 1.54) is 31.4 Å². The molecule has 0 heterocycles.